The largest absolute Gasteiger partial charge is 0.208 e. The van der Waals surface area contributed by atoms with Crippen molar-refractivity contribution in [2.45, 2.75) is 0 Å². The van der Waals surface area contributed by atoms with Crippen molar-refractivity contribution in [2.75, 3.05) is 0 Å². The van der Waals surface area contributed by atoms with Gasteiger partial charge < -0.3 is 0 Å². The summed E-state index contributed by atoms with van der Waals surface area (Å²) in [6.45, 7) is 0. The molecule has 0 atom stereocenters. The molecule has 3 heterocycles. The van der Waals surface area contributed by atoms with Crippen LogP contribution in [0.4, 0.5) is 0 Å². The highest BCUT2D eigenvalue weighted by Crippen LogP contribution is 2.44. The molecular weight excluding hydrogens is 861 g/mol. The van der Waals surface area contributed by atoms with Gasteiger partial charge in [0.1, 0.15) is 0 Å². The molecule has 13 rings (SSSR count). The Morgan fingerprint density at radius 3 is 1.42 bits per heavy atom. The maximum Gasteiger partial charge on any atom is 0.164 e. The number of rotatable bonds is 8. The van der Waals surface area contributed by atoms with Crippen molar-refractivity contribution < 1.29 is 0 Å². The quantitative estimate of drug-likeness (QED) is 0.151. The van der Waals surface area contributed by atoms with Crippen LogP contribution in [0.3, 0.4) is 0 Å². The lowest BCUT2D eigenvalue weighted by atomic mass is 9.94. The third-order valence-corrected chi connectivity index (χ3v) is 14.0. The number of benzene rings is 10. The first-order valence-electron chi connectivity index (χ1n) is 22.9. The molecule has 0 bridgehead atoms. The SMILES string of the molecule is c1ccc(-c2nc(-c3ccccc3)nc(-c3ccc(-c4cc(-c5cccc(-c6nc(-c7ccc8ccccc8c7)nc(-c7cccc8ccccc78)n6)c5)cc5c4sc4ccccc45)cc3)n2)cc1. The van der Waals surface area contributed by atoms with E-state index >= 15 is 0 Å². The van der Waals surface area contributed by atoms with E-state index in [4.69, 9.17) is 29.9 Å². The molecule has 0 N–H and O–H groups in total. The van der Waals surface area contributed by atoms with Crippen LogP contribution >= 0.6 is 11.3 Å². The number of fused-ring (bicyclic) bond motifs is 5. The lowest BCUT2D eigenvalue weighted by Gasteiger charge is -2.13. The summed E-state index contributed by atoms with van der Waals surface area (Å²) in [7, 11) is 0. The number of hydrogen-bond donors (Lipinski definition) is 0. The van der Waals surface area contributed by atoms with Crippen LogP contribution in [0.5, 0.6) is 0 Å². The Balaban J connectivity index is 0.935. The van der Waals surface area contributed by atoms with E-state index < -0.39 is 0 Å². The molecule has 10 aromatic carbocycles. The second-order valence-electron chi connectivity index (χ2n) is 17.1. The van der Waals surface area contributed by atoms with Crippen LogP contribution in [-0.4, -0.2) is 29.9 Å². The standard InChI is InChI=1S/C62H38N6S/c1-3-17-42(18-4-1)57-63-58(43-19-5-2-6-20-43)65-59(64-57)44-32-30-41(31-33-44)53-37-49(38-54-51-26-11-12-28-55(51)69-56(53)54)46-23-13-24-47(36-46)60-66-61(48-34-29-39-15-7-8-21-45(39)35-48)68-62(67-60)52-27-14-22-40-16-9-10-25-50(40)52/h1-38H. The summed E-state index contributed by atoms with van der Waals surface area (Å²) in [5.41, 5.74) is 10.0. The molecule has 0 saturated carbocycles. The summed E-state index contributed by atoms with van der Waals surface area (Å²) in [5.74, 6) is 3.76. The first-order valence-corrected chi connectivity index (χ1v) is 23.7. The molecule has 0 amide bonds. The van der Waals surface area contributed by atoms with E-state index in [1.807, 2.05) is 72.0 Å². The minimum Gasteiger partial charge on any atom is -0.208 e. The van der Waals surface area contributed by atoms with Gasteiger partial charge in [0.05, 0.1) is 0 Å². The first-order chi connectivity index (χ1) is 34.1. The van der Waals surface area contributed by atoms with E-state index in [2.05, 4.69) is 170 Å². The van der Waals surface area contributed by atoms with Gasteiger partial charge in [-0.3, -0.25) is 0 Å². The van der Waals surface area contributed by atoms with Gasteiger partial charge in [-0.2, -0.15) is 0 Å². The molecule has 0 saturated heterocycles. The molecule has 7 heteroatoms. The maximum absolute atomic E-state index is 5.24. The van der Waals surface area contributed by atoms with Crippen molar-refractivity contribution in [1.29, 1.82) is 0 Å². The third kappa shape index (κ3) is 7.57. The van der Waals surface area contributed by atoms with Crippen molar-refractivity contribution in [3.8, 4) is 90.6 Å². The fourth-order valence-corrected chi connectivity index (χ4v) is 10.5. The van der Waals surface area contributed by atoms with Gasteiger partial charge in [0.2, 0.25) is 0 Å². The van der Waals surface area contributed by atoms with Gasteiger partial charge in [-0.15, -0.1) is 11.3 Å². The molecule has 0 unspecified atom stereocenters. The molecule has 69 heavy (non-hydrogen) atoms. The molecule has 0 spiro atoms. The molecule has 322 valence electrons. The van der Waals surface area contributed by atoms with Crippen molar-refractivity contribution in [3.05, 3.63) is 231 Å². The normalized spacial score (nSPS) is 11.5. The molecule has 0 aliphatic carbocycles. The molecule has 0 aliphatic heterocycles. The Hall–Kier alpha value is -9.04. The number of nitrogens with zero attached hydrogens (tertiary/aromatic N) is 6. The van der Waals surface area contributed by atoms with Crippen LogP contribution in [0.2, 0.25) is 0 Å². The minimum absolute atomic E-state index is 0.611. The third-order valence-electron chi connectivity index (χ3n) is 12.8. The fourth-order valence-electron chi connectivity index (χ4n) is 9.29. The van der Waals surface area contributed by atoms with E-state index in [1.165, 1.54) is 25.6 Å². The van der Waals surface area contributed by atoms with Crippen LogP contribution in [0.1, 0.15) is 0 Å². The van der Waals surface area contributed by atoms with E-state index in [0.717, 1.165) is 71.8 Å². The monoisotopic (exact) mass is 898 g/mol. The van der Waals surface area contributed by atoms with E-state index in [-0.39, 0.29) is 0 Å². The second kappa shape index (κ2) is 17.0. The zero-order chi connectivity index (χ0) is 45.7. The number of hydrogen-bond acceptors (Lipinski definition) is 7. The highest BCUT2D eigenvalue weighted by atomic mass is 32.1. The van der Waals surface area contributed by atoms with Crippen molar-refractivity contribution in [1.82, 2.24) is 29.9 Å². The lowest BCUT2D eigenvalue weighted by Crippen LogP contribution is -2.00. The van der Waals surface area contributed by atoms with E-state index in [0.29, 0.717) is 34.9 Å². The molecular formula is C62H38N6S. The Bertz CT molecular complexity index is 4010. The summed E-state index contributed by atoms with van der Waals surface area (Å²) in [6, 6.07) is 80.2. The predicted octanol–water partition coefficient (Wildman–Crippen LogP) is 16.1. The second-order valence-corrected chi connectivity index (χ2v) is 18.1. The molecule has 3 aromatic heterocycles. The van der Waals surface area contributed by atoms with Gasteiger partial charge in [0, 0.05) is 59.1 Å². The highest BCUT2D eigenvalue weighted by molar-refractivity contribution is 7.26. The fraction of sp³-hybridized carbons (Fsp3) is 0. The van der Waals surface area contributed by atoms with Gasteiger partial charge in [-0.1, -0.05) is 200 Å². The van der Waals surface area contributed by atoms with Crippen LogP contribution in [0, 0.1) is 0 Å². The first kappa shape index (κ1) is 40.3. The number of aromatic nitrogens is 6. The van der Waals surface area contributed by atoms with Gasteiger partial charge >= 0.3 is 0 Å². The van der Waals surface area contributed by atoms with Crippen LogP contribution in [0.25, 0.3) is 132 Å². The number of thiophene rings is 1. The zero-order valence-electron chi connectivity index (χ0n) is 37.0. The summed E-state index contributed by atoms with van der Waals surface area (Å²) >= 11 is 1.83. The molecule has 13 aromatic rings. The smallest absolute Gasteiger partial charge is 0.164 e. The van der Waals surface area contributed by atoms with Crippen molar-refractivity contribution >= 4 is 53.1 Å². The van der Waals surface area contributed by atoms with Crippen molar-refractivity contribution in [2.24, 2.45) is 0 Å². The van der Waals surface area contributed by atoms with Gasteiger partial charge in [-0.25, -0.2) is 29.9 Å². The topological polar surface area (TPSA) is 77.3 Å². The maximum atomic E-state index is 5.24. The highest BCUT2D eigenvalue weighted by Gasteiger charge is 2.19. The van der Waals surface area contributed by atoms with Crippen LogP contribution < -0.4 is 0 Å². The van der Waals surface area contributed by atoms with Gasteiger partial charge in [-0.05, 0) is 68.6 Å². The van der Waals surface area contributed by atoms with Crippen LogP contribution in [-0.2, 0) is 0 Å². The summed E-state index contributed by atoms with van der Waals surface area (Å²) in [5, 5.41) is 6.97. The van der Waals surface area contributed by atoms with Gasteiger partial charge in [0.25, 0.3) is 0 Å². The summed E-state index contributed by atoms with van der Waals surface area (Å²) in [4.78, 5) is 30.5. The van der Waals surface area contributed by atoms with Gasteiger partial charge in [0.15, 0.2) is 34.9 Å². The van der Waals surface area contributed by atoms with E-state index in [9.17, 15) is 0 Å². The minimum atomic E-state index is 0.611. The van der Waals surface area contributed by atoms with E-state index in [1.54, 1.807) is 0 Å². The Labute approximate surface area is 402 Å². The molecule has 0 radical (unpaired) electrons. The lowest BCUT2D eigenvalue weighted by molar-refractivity contribution is 1.07. The molecule has 0 aliphatic rings. The Kier molecular flexibility index (Phi) is 9.91. The zero-order valence-corrected chi connectivity index (χ0v) is 37.8. The average Bonchev–Trinajstić information content (AvgIpc) is 3.81. The summed E-state index contributed by atoms with van der Waals surface area (Å²) < 4.78 is 2.48. The Morgan fingerprint density at radius 1 is 0.232 bits per heavy atom. The van der Waals surface area contributed by atoms with Crippen molar-refractivity contribution in [3.63, 3.8) is 0 Å². The summed E-state index contributed by atoms with van der Waals surface area (Å²) in [6.07, 6.45) is 0. The molecule has 0 fully saturated rings. The average molecular weight is 899 g/mol. The predicted molar refractivity (Wildman–Crippen MR) is 285 cm³/mol. The Morgan fingerprint density at radius 2 is 0.710 bits per heavy atom. The molecule has 6 nitrogen and oxygen atoms in total. The van der Waals surface area contributed by atoms with Crippen LogP contribution in [0.15, 0.2) is 231 Å².